The first kappa shape index (κ1) is 20.5. The molecule has 0 radical (unpaired) electrons. The third-order valence-electron chi connectivity index (χ3n) is 3.79. The number of phosphoric ester groups is 1. The number of hydrogen-bond acceptors (Lipinski definition) is 7. The lowest BCUT2D eigenvalue weighted by atomic mass is 10.4. The number of carbonyl (C=O) groups is 1. The summed E-state index contributed by atoms with van der Waals surface area (Å²) in [5.74, 6) is -0.522. The molecule has 0 spiro atoms. The van der Waals surface area contributed by atoms with Crippen LogP contribution in [0.2, 0.25) is 0 Å². The van der Waals surface area contributed by atoms with Crippen LogP contribution in [0.15, 0.2) is 0 Å². The maximum Gasteiger partial charge on any atom is 0.303 e. The van der Waals surface area contributed by atoms with Gasteiger partial charge in [-0.3, -0.25) is 9.36 Å². The Bertz CT molecular complexity index is 412. The van der Waals surface area contributed by atoms with E-state index in [2.05, 4.69) is 7.05 Å². The Kier molecular flexibility index (Phi) is 8.68. The molecular formula is C14H28NO7P. The molecule has 0 aromatic carbocycles. The van der Waals surface area contributed by atoms with Gasteiger partial charge in [0.2, 0.25) is 0 Å². The van der Waals surface area contributed by atoms with E-state index in [0.29, 0.717) is 13.2 Å². The minimum absolute atomic E-state index is 0.0744. The fraction of sp³-hybridized carbons (Fsp3) is 0.929. The Labute approximate surface area is 137 Å². The molecule has 1 saturated heterocycles. The van der Waals surface area contributed by atoms with Crippen molar-refractivity contribution in [3.05, 3.63) is 0 Å². The van der Waals surface area contributed by atoms with Gasteiger partial charge in [-0.15, -0.1) is 0 Å². The van der Waals surface area contributed by atoms with Crippen LogP contribution < -0.4 is 4.89 Å². The molecule has 0 aliphatic carbocycles. The first-order valence-electron chi connectivity index (χ1n) is 7.95. The summed E-state index contributed by atoms with van der Waals surface area (Å²) in [6.07, 6.45) is 1.54. The van der Waals surface area contributed by atoms with E-state index in [4.69, 9.17) is 18.5 Å². The Morgan fingerprint density at radius 3 is 2.48 bits per heavy atom. The maximum atomic E-state index is 11.8. The van der Waals surface area contributed by atoms with E-state index in [0.717, 1.165) is 30.4 Å². The van der Waals surface area contributed by atoms with Gasteiger partial charge >= 0.3 is 5.97 Å². The van der Waals surface area contributed by atoms with Gasteiger partial charge in [0.25, 0.3) is 7.82 Å². The van der Waals surface area contributed by atoms with Gasteiger partial charge < -0.3 is 27.9 Å². The number of esters is 1. The molecule has 1 aliphatic heterocycles. The van der Waals surface area contributed by atoms with Gasteiger partial charge in [0, 0.05) is 26.4 Å². The number of rotatable bonds is 11. The van der Waals surface area contributed by atoms with Crippen LogP contribution in [0.1, 0.15) is 26.7 Å². The van der Waals surface area contributed by atoms with E-state index in [1.807, 2.05) is 0 Å². The van der Waals surface area contributed by atoms with Crippen molar-refractivity contribution in [2.75, 3.05) is 53.1 Å². The smallest absolute Gasteiger partial charge is 0.303 e. The number of likely N-dealkylation sites (N-methyl/N-ethyl adjacent to an activating group) is 1. The molecule has 0 bridgehead atoms. The zero-order valence-electron chi connectivity index (χ0n) is 14.2. The van der Waals surface area contributed by atoms with Crippen LogP contribution in [0, 0.1) is 0 Å². The van der Waals surface area contributed by atoms with E-state index in [-0.39, 0.29) is 19.8 Å². The average Bonchev–Trinajstić information content (AvgIpc) is 2.88. The van der Waals surface area contributed by atoms with Gasteiger partial charge in [-0.2, -0.15) is 0 Å². The van der Waals surface area contributed by atoms with Gasteiger partial charge in [0.05, 0.1) is 33.4 Å². The molecule has 23 heavy (non-hydrogen) atoms. The van der Waals surface area contributed by atoms with Crippen molar-refractivity contribution in [3.63, 3.8) is 0 Å². The molecule has 0 saturated carbocycles. The van der Waals surface area contributed by atoms with Crippen LogP contribution in [-0.4, -0.2) is 69.7 Å². The predicted octanol–water partition coefficient (Wildman–Crippen LogP) is 0.697. The molecule has 1 unspecified atom stereocenters. The first-order chi connectivity index (χ1) is 10.8. The lowest BCUT2D eigenvalue weighted by Gasteiger charge is -2.31. The Balaban J connectivity index is 2.33. The molecule has 0 aromatic heterocycles. The number of likely N-dealkylation sites (tertiary alicyclic amines) is 1. The second kappa shape index (κ2) is 9.71. The van der Waals surface area contributed by atoms with E-state index >= 15 is 0 Å². The number of phosphoric acid groups is 1. The van der Waals surface area contributed by atoms with Crippen LogP contribution in [0.3, 0.4) is 0 Å². The topological polar surface area (TPSA) is 94.1 Å². The van der Waals surface area contributed by atoms with Crippen molar-refractivity contribution in [2.24, 2.45) is 0 Å². The van der Waals surface area contributed by atoms with Gasteiger partial charge in [-0.1, -0.05) is 0 Å². The quantitative estimate of drug-likeness (QED) is 0.306. The zero-order chi connectivity index (χ0) is 17.3. The molecule has 1 fully saturated rings. The van der Waals surface area contributed by atoms with Crippen LogP contribution in [-0.2, 0) is 27.9 Å². The predicted molar refractivity (Wildman–Crippen MR) is 81.6 cm³/mol. The highest BCUT2D eigenvalue weighted by molar-refractivity contribution is 7.45. The van der Waals surface area contributed by atoms with Crippen LogP contribution in [0.4, 0.5) is 0 Å². The Morgan fingerprint density at radius 2 is 1.91 bits per heavy atom. The number of quaternary nitrogens is 1. The molecule has 1 heterocycles. The van der Waals surface area contributed by atoms with E-state index in [9.17, 15) is 14.3 Å². The number of ether oxygens (including phenoxy) is 2. The van der Waals surface area contributed by atoms with E-state index < -0.39 is 19.9 Å². The molecule has 136 valence electrons. The fourth-order valence-corrected chi connectivity index (χ4v) is 3.24. The van der Waals surface area contributed by atoms with Crippen molar-refractivity contribution in [1.82, 2.24) is 0 Å². The lowest BCUT2D eigenvalue weighted by Crippen LogP contribution is -2.43. The summed E-state index contributed by atoms with van der Waals surface area (Å²) in [6, 6.07) is 0. The van der Waals surface area contributed by atoms with Gasteiger partial charge in [0.15, 0.2) is 0 Å². The molecular weight excluding hydrogens is 325 g/mol. The Morgan fingerprint density at radius 1 is 1.26 bits per heavy atom. The summed E-state index contributed by atoms with van der Waals surface area (Å²) in [5.41, 5.74) is 0. The van der Waals surface area contributed by atoms with Crippen molar-refractivity contribution in [1.29, 1.82) is 0 Å². The molecule has 2 atom stereocenters. The second-order valence-electron chi connectivity index (χ2n) is 5.96. The third kappa shape index (κ3) is 8.79. The van der Waals surface area contributed by atoms with Crippen LogP contribution >= 0.6 is 7.82 Å². The zero-order valence-corrected chi connectivity index (χ0v) is 15.1. The summed E-state index contributed by atoms with van der Waals surface area (Å²) in [7, 11) is -2.33. The molecule has 0 aromatic rings. The molecule has 0 amide bonds. The highest BCUT2D eigenvalue weighted by Gasteiger charge is 2.27. The van der Waals surface area contributed by atoms with Gasteiger partial charge in [-0.05, 0) is 6.92 Å². The normalized spacial score (nSPS) is 20.9. The summed E-state index contributed by atoms with van der Waals surface area (Å²) >= 11 is 0. The number of hydrogen-bond donors (Lipinski definition) is 0. The number of carbonyl (C=O) groups excluding carboxylic acids is 1. The minimum atomic E-state index is -4.42. The van der Waals surface area contributed by atoms with E-state index in [1.54, 1.807) is 6.92 Å². The Hall–Kier alpha value is -0.500. The standard InChI is InChI=1S/C14H28NO7P/c1-4-19-11-14(22-13(2)16)12-21-23(17,18)20-10-9-15(3)7-5-6-8-15/h14H,4-12H2,1-3H3/t14-/m0/s1. The lowest BCUT2D eigenvalue weighted by molar-refractivity contribution is -0.897. The second-order valence-corrected chi connectivity index (χ2v) is 7.38. The summed E-state index contributed by atoms with van der Waals surface area (Å²) in [6.45, 7) is 6.01. The minimum Gasteiger partial charge on any atom is -0.756 e. The first-order valence-corrected chi connectivity index (χ1v) is 9.41. The van der Waals surface area contributed by atoms with Gasteiger partial charge in [-0.25, -0.2) is 0 Å². The third-order valence-corrected chi connectivity index (χ3v) is 4.75. The van der Waals surface area contributed by atoms with Crippen LogP contribution in [0.25, 0.3) is 0 Å². The SMILES string of the molecule is CCOC[C@@H](COP(=O)([O-])OCC[N+]1(C)CCCC1)OC(C)=O. The van der Waals surface area contributed by atoms with Crippen LogP contribution in [0.5, 0.6) is 0 Å². The van der Waals surface area contributed by atoms with Crippen molar-refractivity contribution >= 4 is 13.8 Å². The molecule has 0 N–H and O–H groups in total. The highest BCUT2D eigenvalue weighted by Crippen LogP contribution is 2.38. The molecule has 1 rings (SSSR count). The molecule has 1 aliphatic rings. The van der Waals surface area contributed by atoms with Crippen molar-refractivity contribution < 1.29 is 37.3 Å². The van der Waals surface area contributed by atoms with E-state index in [1.165, 1.54) is 6.92 Å². The summed E-state index contributed by atoms with van der Waals surface area (Å²) in [4.78, 5) is 22.8. The number of nitrogens with zero attached hydrogens (tertiary/aromatic N) is 1. The highest BCUT2D eigenvalue weighted by atomic mass is 31.2. The molecule has 8 nitrogen and oxygen atoms in total. The van der Waals surface area contributed by atoms with Gasteiger partial charge in [0.1, 0.15) is 19.3 Å². The fourth-order valence-electron chi connectivity index (χ4n) is 2.51. The monoisotopic (exact) mass is 353 g/mol. The largest absolute Gasteiger partial charge is 0.756 e. The summed E-state index contributed by atoms with van der Waals surface area (Å²) < 4.78 is 32.4. The van der Waals surface area contributed by atoms with Crippen molar-refractivity contribution in [3.8, 4) is 0 Å². The average molecular weight is 353 g/mol. The van der Waals surface area contributed by atoms with Crippen molar-refractivity contribution in [2.45, 2.75) is 32.8 Å². The maximum absolute atomic E-state index is 11.8. The summed E-state index contributed by atoms with van der Waals surface area (Å²) in [5, 5.41) is 0. The molecule has 9 heteroatoms.